The van der Waals surface area contributed by atoms with E-state index in [2.05, 4.69) is 10.3 Å². The molecule has 6 nitrogen and oxygen atoms in total. The number of pyridine rings is 1. The fraction of sp³-hybridized carbons (Fsp3) is 0.0526. The maximum absolute atomic E-state index is 13.2. The van der Waals surface area contributed by atoms with Crippen molar-refractivity contribution in [3.05, 3.63) is 83.1 Å². The molecule has 0 atom stereocenters. The van der Waals surface area contributed by atoms with E-state index in [-0.39, 0.29) is 20.6 Å². The molecule has 3 rings (SSSR count). The minimum absolute atomic E-state index is 0.0419. The minimum atomic E-state index is -4.04. The molecule has 0 bridgehead atoms. The van der Waals surface area contributed by atoms with Crippen molar-refractivity contribution in [2.24, 2.45) is 0 Å². The molecule has 0 unspecified atom stereocenters. The van der Waals surface area contributed by atoms with Gasteiger partial charge in [0.05, 0.1) is 22.5 Å². The van der Waals surface area contributed by atoms with Crippen molar-refractivity contribution in [2.75, 3.05) is 16.2 Å². The van der Waals surface area contributed by atoms with Crippen molar-refractivity contribution in [3.8, 4) is 0 Å². The fourth-order valence-corrected chi connectivity index (χ4v) is 4.43. The Balaban J connectivity index is 1.98. The Morgan fingerprint density at radius 1 is 1.00 bits per heavy atom. The molecule has 1 heterocycles. The third kappa shape index (κ3) is 4.81. The topological polar surface area (TPSA) is 79.4 Å². The average molecular weight is 436 g/mol. The molecule has 2 aromatic carbocycles. The highest BCUT2D eigenvalue weighted by molar-refractivity contribution is 7.92. The number of aromatic nitrogens is 1. The zero-order valence-corrected chi connectivity index (χ0v) is 16.7. The summed E-state index contributed by atoms with van der Waals surface area (Å²) in [5, 5.41) is 3.13. The van der Waals surface area contributed by atoms with Gasteiger partial charge in [0.2, 0.25) is 5.91 Å². The normalized spacial score (nSPS) is 11.1. The van der Waals surface area contributed by atoms with E-state index < -0.39 is 22.5 Å². The number of nitrogens with zero attached hydrogens (tertiary/aromatic N) is 2. The second kappa shape index (κ2) is 8.60. The van der Waals surface area contributed by atoms with E-state index in [4.69, 9.17) is 23.2 Å². The molecule has 3 aromatic rings. The standard InChI is InChI=1S/C19H15Cl2N3O3S/c20-14-9-15(21)11-17(10-14)24(28(26,27)18-6-2-1-3-7-18)13-19(25)23-16-5-4-8-22-12-16/h1-12H,13H2,(H,23,25). The quantitative estimate of drug-likeness (QED) is 0.628. The van der Waals surface area contributed by atoms with Gasteiger partial charge < -0.3 is 5.32 Å². The molecular formula is C19H15Cl2N3O3S. The zero-order chi connectivity index (χ0) is 20.1. The highest BCUT2D eigenvalue weighted by Gasteiger charge is 2.27. The first-order valence-corrected chi connectivity index (χ1v) is 10.3. The van der Waals surface area contributed by atoms with Gasteiger partial charge in [0.25, 0.3) is 10.0 Å². The lowest BCUT2D eigenvalue weighted by Gasteiger charge is -2.24. The number of anilines is 2. The number of carbonyl (C=O) groups excluding carboxylic acids is 1. The number of hydrogen-bond donors (Lipinski definition) is 1. The van der Waals surface area contributed by atoms with E-state index in [9.17, 15) is 13.2 Å². The second-order valence-electron chi connectivity index (χ2n) is 5.74. The van der Waals surface area contributed by atoms with Crippen LogP contribution in [0, 0.1) is 0 Å². The van der Waals surface area contributed by atoms with E-state index in [0.29, 0.717) is 5.69 Å². The summed E-state index contributed by atoms with van der Waals surface area (Å²) in [6, 6.07) is 15.5. The maximum atomic E-state index is 13.2. The van der Waals surface area contributed by atoms with E-state index >= 15 is 0 Å². The highest BCUT2D eigenvalue weighted by Crippen LogP contribution is 2.29. The van der Waals surface area contributed by atoms with E-state index in [0.717, 1.165) is 4.31 Å². The summed E-state index contributed by atoms with van der Waals surface area (Å²) in [5.41, 5.74) is 0.636. The molecule has 1 N–H and O–H groups in total. The second-order valence-corrected chi connectivity index (χ2v) is 8.48. The van der Waals surface area contributed by atoms with Crippen molar-refractivity contribution in [2.45, 2.75) is 4.90 Å². The van der Waals surface area contributed by atoms with Crippen molar-refractivity contribution in [1.82, 2.24) is 4.98 Å². The number of rotatable bonds is 6. The van der Waals surface area contributed by atoms with Gasteiger partial charge in [-0.15, -0.1) is 0 Å². The van der Waals surface area contributed by atoms with Crippen LogP contribution in [-0.2, 0) is 14.8 Å². The highest BCUT2D eigenvalue weighted by atomic mass is 35.5. The van der Waals surface area contributed by atoms with Crippen molar-refractivity contribution in [3.63, 3.8) is 0 Å². The van der Waals surface area contributed by atoms with Gasteiger partial charge in [0.1, 0.15) is 6.54 Å². The van der Waals surface area contributed by atoms with Crippen LogP contribution >= 0.6 is 23.2 Å². The van der Waals surface area contributed by atoms with Gasteiger partial charge in [-0.3, -0.25) is 14.1 Å². The summed E-state index contributed by atoms with van der Waals surface area (Å²) in [4.78, 5) is 16.5. The third-order valence-electron chi connectivity index (χ3n) is 3.70. The molecular weight excluding hydrogens is 421 g/mol. The molecule has 9 heteroatoms. The van der Waals surface area contributed by atoms with Gasteiger partial charge in [-0.05, 0) is 42.5 Å². The third-order valence-corrected chi connectivity index (χ3v) is 5.92. The molecule has 28 heavy (non-hydrogen) atoms. The number of amides is 1. The van der Waals surface area contributed by atoms with Crippen LogP contribution < -0.4 is 9.62 Å². The summed E-state index contributed by atoms with van der Waals surface area (Å²) >= 11 is 12.1. The molecule has 0 spiro atoms. The Bertz CT molecular complexity index is 1060. The van der Waals surface area contributed by atoms with E-state index in [1.807, 2.05) is 0 Å². The SMILES string of the molecule is O=C(CN(c1cc(Cl)cc(Cl)c1)S(=O)(=O)c1ccccc1)Nc1cccnc1. The number of carbonyl (C=O) groups is 1. The van der Waals surface area contributed by atoms with E-state index in [1.165, 1.54) is 36.5 Å². The molecule has 0 saturated carbocycles. The Hall–Kier alpha value is -2.61. The molecule has 0 radical (unpaired) electrons. The number of hydrogen-bond acceptors (Lipinski definition) is 4. The van der Waals surface area contributed by atoms with Gasteiger partial charge >= 0.3 is 0 Å². The van der Waals surface area contributed by atoms with Crippen LogP contribution in [0.3, 0.4) is 0 Å². The molecule has 0 aliphatic heterocycles. The van der Waals surface area contributed by atoms with Crippen LogP contribution in [0.1, 0.15) is 0 Å². The molecule has 144 valence electrons. The van der Waals surface area contributed by atoms with Crippen LogP contribution in [0.4, 0.5) is 11.4 Å². The monoisotopic (exact) mass is 435 g/mol. The first-order chi connectivity index (χ1) is 13.4. The zero-order valence-electron chi connectivity index (χ0n) is 14.4. The number of nitrogens with one attached hydrogen (secondary N) is 1. The lowest BCUT2D eigenvalue weighted by Crippen LogP contribution is -2.38. The van der Waals surface area contributed by atoms with E-state index in [1.54, 1.807) is 36.5 Å². The average Bonchev–Trinajstić information content (AvgIpc) is 2.66. The first kappa shape index (κ1) is 20.1. The Morgan fingerprint density at radius 2 is 1.68 bits per heavy atom. The number of halogens is 2. The van der Waals surface area contributed by atoms with Gasteiger partial charge in [0, 0.05) is 16.2 Å². The lowest BCUT2D eigenvalue weighted by molar-refractivity contribution is -0.114. The molecule has 0 saturated heterocycles. The fourth-order valence-electron chi connectivity index (χ4n) is 2.49. The van der Waals surface area contributed by atoms with Gasteiger partial charge in [-0.25, -0.2) is 8.42 Å². The van der Waals surface area contributed by atoms with Gasteiger partial charge in [-0.1, -0.05) is 41.4 Å². The maximum Gasteiger partial charge on any atom is 0.264 e. The van der Waals surface area contributed by atoms with Crippen molar-refractivity contribution >= 4 is 50.5 Å². The summed E-state index contributed by atoms with van der Waals surface area (Å²) in [7, 11) is -4.04. The Morgan fingerprint density at radius 3 is 2.29 bits per heavy atom. The summed E-state index contributed by atoms with van der Waals surface area (Å²) in [6.07, 6.45) is 3.03. The van der Waals surface area contributed by atoms with Crippen LogP contribution in [0.15, 0.2) is 78.0 Å². The lowest BCUT2D eigenvalue weighted by atomic mass is 10.3. The minimum Gasteiger partial charge on any atom is -0.323 e. The van der Waals surface area contributed by atoms with Crippen LogP contribution in [0.2, 0.25) is 10.0 Å². The summed E-state index contributed by atoms with van der Waals surface area (Å²) in [6.45, 7) is -0.469. The van der Waals surface area contributed by atoms with Gasteiger partial charge in [-0.2, -0.15) is 0 Å². The van der Waals surface area contributed by atoms with Gasteiger partial charge in [0.15, 0.2) is 0 Å². The Labute approximate surface area is 172 Å². The van der Waals surface area contributed by atoms with Crippen LogP contribution in [0.25, 0.3) is 0 Å². The predicted molar refractivity (Wildman–Crippen MR) is 110 cm³/mol. The van der Waals surface area contributed by atoms with Crippen LogP contribution in [0.5, 0.6) is 0 Å². The Kier molecular flexibility index (Phi) is 6.18. The smallest absolute Gasteiger partial charge is 0.264 e. The predicted octanol–water partition coefficient (Wildman–Crippen LogP) is 4.22. The van der Waals surface area contributed by atoms with Crippen LogP contribution in [-0.4, -0.2) is 25.9 Å². The first-order valence-electron chi connectivity index (χ1n) is 8.10. The van der Waals surface area contributed by atoms with Crippen molar-refractivity contribution < 1.29 is 13.2 Å². The molecule has 0 aliphatic carbocycles. The molecule has 1 amide bonds. The molecule has 0 fully saturated rings. The van der Waals surface area contributed by atoms with Crippen molar-refractivity contribution in [1.29, 1.82) is 0 Å². The number of sulfonamides is 1. The summed E-state index contributed by atoms with van der Waals surface area (Å²) in [5.74, 6) is -0.538. The largest absolute Gasteiger partial charge is 0.323 e. The molecule has 0 aliphatic rings. The summed E-state index contributed by atoms with van der Waals surface area (Å²) < 4.78 is 27.3. The molecule has 1 aromatic heterocycles. The number of benzene rings is 2.